The maximum Gasteiger partial charge on any atom is 0.326 e. The number of unbranched alkanes of at least 4 members (excludes halogenated alkanes) is 5. The number of ether oxygens (including phenoxy) is 1. The fraction of sp³-hybridized carbons (Fsp3) is 0.864. The molecule has 0 radical (unpaired) electrons. The van der Waals surface area contributed by atoms with Crippen molar-refractivity contribution in [3.05, 3.63) is 0 Å². The van der Waals surface area contributed by atoms with Gasteiger partial charge in [-0.25, -0.2) is 4.79 Å². The Labute approximate surface area is 186 Å². The molecule has 1 unspecified atom stereocenters. The minimum absolute atomic E-state index is 0.251. The molecule has 0 aliphatic carbocycles. The number of hydrogen-bond acceptors (Lipinski definition) is 7. The first-order valence-corrected chi connectivity index (χ1v) is 11.8. The van der Waals surface area contributed by atoms with E-state index < -0.39 is 24.1 Å². The minimum Gasteiger partial charge on any atom is -0.480 e. The number of rotatable bonds is 17. The molecule has 6 N–H and O–H groups in total. The van der Waals surface area contributed by atoms with E-state index in [0.29, 0.717) is 45.3 Å². The van der Waals surface area contributed by atoms with Crippen molar-refractivity contribution in [3.8, 4) is 0 Å². The summed E-state index contributed by atoms with van der Waals surface area (Å²) in [5.41, 5.74) is 11.1. The Morgan fingerprint density at radius 3 is 2.23 bits per heavy atom. The van der Waals surface area contributed by atoms with Crippen LogP contribution < -0.4 is 16.8 Å². The molecule has 0 bridgehead atoms. The predicted octanol–water partition coefficient (Wildman–Crippen LogP) is 1.38. The zero-order valence-corrected chi connectivity index (χ0v) is 19.0. The van der Waals surface area contributed by atoms with Gasteiger partial charge in [0.05, 0.1) is 12.6 Å². The number of hydrogen-bond donors (Lipinski definition) is 4. The lowest BCUT2D eigenvalue weighted by Gasteiger charge is -2.30. The molecular formula is C22H42N4O5. The number of nitrogens with one attached hydrogen (secondary N) is 1. The molecule has 3 atom stereocenters. The van der Waals surface area contributed by atoms with Crippen LogP contribution in [0.5, 0.6) is 0 Å². The van der Waals surface area contributed by atoms with Crippen molar-refractivity contribution in [2.75, 3.05) is 26.2 Å². The van der Waals surface area contributed by atoms with E-state index in [-0.39, 0.29) is 18.5 Å². The van der Waals surface area contributed by atoms with E-state index in [1.165, 1.54) is 4.90 Å². The highest BCUT2D eigenvalue weighted by Gasteiger charge is 2.38. The summed E-state index contributed by atoms with van der Waals surface area (Å²) in [7, 11) is 0. The zero-order valence-electron chi connectivity index (χ0n) is 19.0. The Morgan fingerprint density at radius 1 is 1.00 bits per heavy atom. The molecule has 180 valence electrons. The molecule has 0 aromatic carbocycles. The standard InChI is InChI=1S/C22H42N4O5/c1-2-31-22(30)18(12-6-4-3-5-8-14-23)25-17(11-7-9-15-24)20(27)26-16-10-13-19(26)21(28)29/h17-19,25H,2-16,23-24H2,1H3,(H,28,29)/t17-,18?,19-/m0/s1. The average molecular weight is 443 g/mol. The van der Waals surface area contributed by atoms with Gasteiger partial charge in [-0.3, -0.25) is 14.9 Å². The molecule has 1 aliphatic heterocycles. The Kier molecular flexibility index (Phi) is 14.1. The number of likely N-dealkylation sites (tertiary alicyclic amines) is 1. The Hall–Kier alpha value is -1.71. The molecule has 1 rings (SSSR count). The number of esters is 1. The third-order valence-corrected chi connectivity index (χ3v) is 5.74. The Balaban J connectivity index is 2.82. The first-order valence-electron chi connectivity index (χ1n) is 11.8. The van der Waals surface area contributed by atoms with Gasteiger partial charge in [-0.05, 0) is 58.5 Å². The van der Waals surface area contributed by atoms with Crippen molar-refractivity contribution in [1.82, 2.24) is 10.2 Å². The number of nitrogens with zero attached hydrogens (tertiary/aromatic N) is 1. The van der Waals surface area contributed by atoms with Crippen LogP contribution in [0, 0.1) is 0 Å². The second-order valence-corrected chi connectivity index (χ2v) is 8.18. The maximum atomic E-state index is 13.2. The van der Waals surface area contributed by atoms with Crippen LogP contribution in [0.1, 0.15) is 77.6 Å². The van der Waals surface area contributed by atoms with Gasteiger partial charge < -0.3 is 26.2 Å². The van der Waals surface area contributed by atoms with E-state index in [2.05, 4.69) is 5.32 Å². The molecule has 1 heterocycles. The summed E-state index contributed by atoms with van der Waals surface area (Å²) in [5.74, 6) is -1.59. The molecule has 9 heteroatoms. The van der Waals surface area contributed by atoms with E-state index in [1.807, 2.05) is 0 Å². The van der Waals surface area contributed by atoms with Crippen LogP contribution in [0.4, 0.5) is 0 Å². The number of carbonyl (C=O) groups is 3. The third-order valence-electron chi connectivity index (χ3n) is 5.74. The second kappa shape index (κ2) is 16.0. The number of amides is 1. The number of aliphatic carboxylic acids is 1. The van der Waals surface area contributed by atoms with E-state index in [1.54, 1.807) is 6.92 Å². The van der Waals surface area contributed by atoms with Crippen LogP contribution in [0.15, 0.2) is 0 Å². The fourth-order valence-corrected chi connectivity index (χ4v) is 4.04. The molecule has 31 heavy (non-hydrogen) atoms. The zero-order chi connectivity index (χ0) is 23.1. The molecular weight excluding hydrogens is 400 g/mol. The van der Waals surface area contributed by atoms with Gasteiger partial charge in [-0.1, -0.05) is 32.1 Å². The predicted molar refractivity (Wildman–Crippen MR) is 119 cm³/mol. The van der Waals surface area contributed by atoms with E-state index >= 15 is 0 Å². The quantitative estimate of drug-likeness (QED) is 0.195. The van der Waals surface area contributed by atoms with Gasteiger partial charge >= 0.3 is 11.9 Å². The molecule has 0 aromatic heterocycles. The summed E-state index contributed by atoms with van der Waals surface area (Å²) in [6, 6.07) is -2.01. The minimum atomic E-state index is -0.981. The molecule has 9 nitrogen and oxygen atoms in total. The van der Waals surface area contributed by atoms with E-state index in [4.69, 9.17) is 16.2 Å². The van der Waals surface area contributed by atoms with Gasteiger partial charge in [-0.15, -0.1) is 0 Å². The molecule has 1 amide bonds. The summed E-state index contributed by atoms with van der Waals surface area (Å²) in [6.45, 7) is 3.66. The van der Waals surface area contributed by atoms with E-state index in [9.17, 15) is 19.5 Å². The smallest absolute Gasteiger partial charge is 0.326 e. The van der Waals surface area contributed by atoms with Gasteiger partial charge in [0.25, 0.3) is 0 Å². The largest absolute Gasteiger partial charge is 0.480 e. The number of carboxylic acids is 1. The lowest BCUT2D eigenvalue weighted by atomic mass is 10.0. The summed E-state index contributed by atoms with van der Waals surface area (Å²) < 4.78 is 5.23. The van der Waals surface area contributed by atoms with Crippen LogP contribution in [-0.4, -0.2) is 72.2 Å². The van der Waals surface area contributed by atoms with Crippen LogP contribution in [-0.2, 0) is 19.1 Å². The van der Waals surface area contributed by atoms with Gasteiger partial charge in [0, 0.05) is 6.54 Å². The van der Waals surface area contributed by atoms with Crippen molar-refractivity contribution < 1.29 is 24.2 Å². The normalized spacial score (nSPS) is 18.0. The van der Waals surface area contributed by atoms with Crippen molar-refractivity contribution in [3.63, 3.8) is 0 Å². The van der Waals surface area contributed by atoms with Gasteiger partial charge in [0.1, 0.15) is 12.1 Å². The van der Waals surface area contributed by atoms with Crippen molar-refractivity contribution in [2.24, 2.45) is 11.5 Å². The van der Waals surface area contributed by atoms with Crippen molar-refractivity contribution >= 4 is 17.8 Å². The van der Waals surface area contributed by atoms with Crippen molar-refractivity contribution in [1.29, 1.82) is 0 Å². The summed E-state index contributed by atoms with van der Waals surface area (Å²) in [4.78, 5) is 38.8. The molecule has 0 aromatic rings. The first kappa shape index (κ1) is 27.3. The number of carboxylic acid groups (broad SMARTS) is 1. The Morgan fingerprint density at radius 2 is 1.58 bits per heavy atom. The third kappa shape index (κ3) is 9.97. The SMILES string of the molecule is CCOC(=O)C(CCCCCCCN)N[C@@H](CCCCN)C(=O)N1CCC[C@H]1C(=O)O. The summed E-state index contributed by atoms with van der Waals surface area (Å²) in [5, 5.41) is 12.7. The van der Waals surface area contributed by atoms with Crippen LogP contribution in [0.3, 0.4) is 0 Å². The summed E-state index contributed by atoms with van der Waals surface area (Å²) >= 11 is 0. The highest BCUT2D eigenvalue weighted by atomic mass is 16.5. The number of carbonyl (C=O) groups excluding carboxylic acids is 2. The maximum absolute atomic E-state index is 13.2. The van der Waals surface area contributed by atoms with Gasteiger partial charge in [-0.2, -0.15) is 0 Å². The lowest BCUT2D eigenvalue weighted by Crippen LogP contribution is -2.54. The first-order chi connectivity index (χ1) is 15.0. The molecule has 0 saturated carbocycles. The fourth-order valence-electron chi connectivity index (χ4n) is 4.04. The van der Waals surface area contributed by atoms with Crippen LogP contribution in [0.2, 0.25) is 0 Å². The molecule has 1 aliphatic rings. The summed E-state index contributed by atoms with van der Waals surface area (Å²) in [6.07, 6.45) is 8.64. The van der Waals surface area contributed by atoms with Crippen LogP contribution >= 0.6 is 0 Å². The topological polar surface area (TPSA) is 148 Å². The molecule has 1 saturated heterocycles. The molecule has 1 fully saturated rings. The molecule has 0 spiro atoms. The second-order valence-electron chi connectivity index (χ2n) is 8.18. The highest BCUT2D eigenvalue weighted by Crippen LogP contribution is 2.20. The van der Waals surface area contributed by atoms with Gasteiger partial charge in [0.2, 0.25) is 5.91 Å². The average Bonchev–Trinajstić information content (AvgIpc) is 3.24. The highest BCUT2D eigenvalue weighted by molar-refractivity contribution is 5.88. The lowest BCUT2D eigenvalue weighted by molar-refractivity contribution is -0.150. The van der Waals surface area contributed by atoms with Crippen molar-refractivity contribution in [2.45, 2.75) is 95.7 Å². The monoisotopic (exact) mass is 442 g/mol. The van der Waals surface area contributed by atoms with Crippen LogP contribution in [0.25, 0.3) is 0 Å². The number of nitrogens with two attached hydrogens (primary N) is 2. The van der Waals surface area contributed by atoms with E-state index in [0.717, 1.165) is 44.9 Å². The Bertz CT molecular complexity index is 546. The van der Waals surface area contributed by atoms with Gasteiger partial charge in [0.15, 0.2) is 0 Å².